The Balaban J connectivity index is 1.72. The summed E-state index contributed by atoms with van der Waals surface area (Å²) in [6.45, 7) is 6.32. The largest absolute Gasteiger partial charge is 0.416 e. The highest BCUT2D eigenvalue weighted by atomic mass is 19.4. The maximum Gasteiger partial charge on any atom is 0.416 e. The summed E-state index contributed by atoms with van der Waals surface area (Å²) in [5.41, 5.74) is 6.22. The highest BCUT2D eigenvalue weighted by molar-refractivity contribution is 6.00. The van der Waals surface area contributed by atoms with Crippen LogP contribution in [-0.4, -0.2) is 108 Å². The van der Waals surface area contributed by atoms with Crippen molar-refractivity contribution in [3.05, 3.63) is 71.3 Å². The van der Waals surface area contributed by atoms with Crippen molar-refractivity contribution in [3.63, 3.8) is 0 Å². The fourth-order valence-corrected chi connectivity index (χ4v) is 5.32. The number of nitrogens with one attached hydrogen (secondary N) is 4. The van der Waals surface area contributed by atoms with Gasteiger partial charge in [0.25, 0.3) is 11.8 Å². The summed E-state index contributed by atoms with van der Waals surface area (Å²) in [5.74, 6) is -4.91. The number of carbonyl (C=O) groups excluding carboxylic acids is 6. The Hall–Kier alpha value is -5.03. The van der Waals surface area contributed by atoms with E-state index in [1.54, 1.807) is 49.1 Å². The van der Waals surface area contributed by atoms with E-state index >= 15 is 0 Å². The Morgan fingerprint density at radius 2 is 1.42 bits per heavy atom. The number of aliphatic hydroxyl groups excluding tert-OH is 1. The Morgan fingerprint density at radius 3 is 1.98 bits per heavy atom. The molecule has 17 heteroatoms. The third-order valence-corrected chi connectivity index (χ3v) is 8.34. The maximum absolute atomic E-state index is 13.6. The van der Waals surface area contributed by atoms with Crippen LogP contribution >= 0.6 is 0 Å². The van der Waals surface area contributed by atoms with Crippen molar-refractivity contribution in [2.24, 2.45) is 11.7 Å². The molecule has 1 aliphatic heterocycles. The molecule has 52 heavy (non-hydrogen) atoms. The van der Waals surface area contributed by atoms with Gasteiger partial charge in [0.1, 0.15) is 18.1 Å². The molecule has 0 aromatic heterocycles. The molecule has 5 atom stereocenters. The van der Waals surface area contributed by atoms with E-state index in [0.717, 1.165) is 0 Å². The highest BCUT2D eigenvalue weighted by Gasteiger charge is 2.44. The quantitative estimate of drug-likeness (QED) is 0.145. The van der Waals surface area contributed by atoms with Crippen molar-refractivity contribution in [1.82, 2.24) is 26.2 Å². The average molecular weight is 735 g/mol. The number of morpholine rings is 1. The summed E-state index contributed by atoms with van der Waals surface area (Å²) >= 11 is 0. The minimum atomic E-state index is -5.12. The van der Waals surface area contributed by atoms with Gasteiger partial charge >= 0.3 is 6.18 Å². The van der Waals surface area contributed by atoms with E-state index in [4.69, 9.17) is 10.5 Å². The fraction of sp³-hybridized carbons (Fsp3) is 0.486. The Morgan fingerprint density at radius 1 is 0.827 bits per heavy atom. The first-order valence-electron chi connectivity index (χ1n) is 16.7. The molecular formula is C35H45F3N6O8. The molecule has 2 unspecified atom stereocenters. The molecular weight excluding hydrogens is 689 g/mol. The van der Waals surface area contributed by atoms with Crippen molar-refractivity contribution >= 4 is 35.4 Å². The van der Waals surface area contributed by atoms with Crippen LogP contribution < -0.4 is 27.0 Å². The molecule has 14 nitrogen and oxygen atoms in total. The molecule has 1 heterocycles. The molecule has 0 saturated carbocycles. The SMILES string of the molecule is CC(C)[C@H](NC(=O)c1ccc(C(=O)N2CCOCC2)cc1)C(=O)N[C@@H](Cc1ccccc1)C(=O)N[C@@H](C)C(=O)NC(CCC(N)=O)C(O)C(F)(F)F. The molecule has 7 N–H and O–H groups in total. The predicted octanol–water partition coefficient (Wildman–Crippen LogP) is 0.819. The van der Waals surface area contributed by atoms with E-state index in [1.807, 2.05) is 5.32 Å². The number of primary amides is 1. The summed E-state index contributed by atoms with van der Waals surface area (Å²) in [6, 6.07) is 8.66. The molecule has 0 bridgehead atoms. The Bertz CT molecular complexity index is 1550. The van der Waals surface area contributed by atoms with Crippen LogP contribution in [0, 0.1) is 5.92 Å². The lowest BCUT2D eigenvalue weighted by Crippen LogP contribution is -2.59. The van der Waals surface area contributed by atoms with Crippen molar-refractivity contribution in [3.8, 4) is 0 Å². The van der Waals surface area contributed by atoms with Crippen LogP contribution in [0.15, 0.2) is 54.6 Å². The highest BCUT2D eigenvalue weighted by Crippen LogP contribution is 2.24. The molecule has 6 amide bonds. The Labute approximate surface area is 299 Å². The first-order valence-corrected chi connectivity index (χ1v) is 16.7. The normalized spacial score (nSPS) is 16.1. The van der Waals surface area contributed by atoms with Gasteiger partial charge in [0, 0.05) is 37.1 Å². The van der Waals surface area contributed by atoms with Gasteiger partial charge in [0.05, 0.1) is 19.3 Å². The molecule has 0 spiro atoms. The van der Waals surface area contributed by atoms with Crippen molar-refractivity contribution in [2.45, 2.75) is 76.5 Å². The smallest absolute Gasteiger partial charge is 0.382 e. The van der Waals surface area contributed by atoms with Gasteiger partial charge in [-0.1, -0.05) is 44.2 Å². The molecule has 0 radical (unpaired) electrons. The number of alkyl halides is 3. The van der Waals surface area contributed by atoms with Crippen LogP contribution in [0.3, 0.4) is 0 Å². The number of rotatable bonds is 16. The first-order chi connectivity index (χ1) is 24.5. The van der Waals surface area contributed by atoms with Crippen molar-refractivity contribution in [1.29, 1.82) is 0 Å². The first kappa shape index (κ1) is 41.4. The van der Waals surface area contributed by atoms with Gasteiger partial charge in [-0.2, -0.15) is 13.2 Å². The lowest BCUT2D eigenvalue weighted by Gasteiger charge is -2.28. The molecule has 1 aliphatic rings. The number of nitrogens with zero attached hydrogens (tertiary/aromatic N) is 1. The number of nitrogens with two attached hydrogens (primary N) is 1. The van der Waals surface area contributed by atoms with E-state index < -0.39 is 84.7 Å². The fourth-order valence-electron chi connectivity index (χ4n) is 5.32. The lowest BCUT2D eigenvalue weighted by molar-refractivity contribution is -0.212. The molecule has 2 aromatic carbocycles. The standard InChI is InChI=1S/C35H45F3N6O8/c1-20(2)28(43-31(48)23-9-11-24(12-10-23)34(51)44-15-17-52-18-16-44)33(50)42-26(19-22-7-5-4-6-8-22)32(49)40-21(3)30(47)41-25(13-14-27(39)45)29(46)35(36,37)38/h4-12,20-21,25-26,28-29,46H,13-19H2,1-3H3,(H2,39,45)(H,40,49)(H,41,47)(H,42,50)(H,43,48)/t21-,25?,26-,28-,29?/m0/s1. The van der Waals surface area contributed by atoms with Crippen molar-refractivity contribution < 1.29 is 51.8 Å². The van der Waals surface area contributed by atoms with Crippen LogP contribution in [0.4, 0.5) is 13.2 Å². The number of hydrogen-bond donors (Lipinski definition) is 6. The van der Waals surface area contributed by atoms with Gasteiger partial charge in [0.15, 0.2) is 6.10 Å². The third kappa shape index (κ3) is 12.3. The second-order valence-corrected chi connectivity index (χ2v) is 12.8. The molecule has 3 rings (SSSR count). The van der Waals surface area contributed by atoms with Crippen LogP contribution in [-0.2, 0) is 30.3 Å². The van der Waals surface area contributed by atoms with Crippen LogP contribution in [0.2, 0.25) is 0 Å². The van der Waals surface area contributed by atoms with Gasteiger partial charge < -0.3 is 41.7 Å². The van der Waals surface area contributed by atoms with E-state index in [9.17, 15) is 47.0 Å². The number of benzene rings is 2. The van der Waals surface area contributed by atoms with Crippen LogP contribution in [0.25, 0.3) is 0 Å². The van der Waals surface area contributed by atoms with E-state index in [2.05, 4.69) is 16.0 Å². The molecule has 284 valence electrons. The zero-order chi connectivity index (χ0) is 38.6. The van der Waals surface area contributed by atoms with Crippen molar-refractivity contribution in [2.75, 3.05) is 26.3 Å². The average Bonchev–Trinajstić information content (AvgIpc) is 3.11. The van der Waals surface area contributed by atoms with E-state index in [1.165, 1.54) is 31.2 Å². The van der Waals surface area contributed by atoms with E-state index in [-0.39, 0.29) is 17.9 Å². The van der Waals surface area contributed by atoms with Crippen LogP contribution in [0.1, 0.15) is 59.9 Å². The second kappa shape index (κ2) is 19.0. The molecule has 1 fully saturated rings. The number of carbonyl (C=O) groups is 6. The van der Waals surface area contributed by atoms with Crippen LogP contribution in [0.5, 0.6) is 0 Å². The summed E-state index contributed by atoms with van der Waals surface area (Å²) in [6.07, 6.45) is -9.37. The van der Waals surface area contributed by atoms with Gasteiger partial charge in [-0.05, 0) is 49.1 Å². The minimum Gasteiger partial charge on any atom is -0.382 e. The number of ether oxygens (including phenoxy) is 1. The summed E-state index contributed by atoms with van der Waals surface area (Å²) in [7, 11) is 0. The monoisotopic (exact) mass is 734 g/mol. The molecule has 2 aromatic rings. The Kier molecular flexibility index (Phi) is 15.1. The summed E-state index contributed by atoms with van der Waals surface area (Å²) in [5, 5.41) is 19.5. The van der Waals surface area contributed by atoms with Gasteiger partial charge in [-0.15, -0.1) is 0 Å². The minimum absolute atomic E-state index is 0.0574. The van der Waals surface area contributed by atoms with Gasteiger partial charge in [-0.3, -0.25) is 28.8 Å². The maximum atomic E-state index is 13.6. The summed E-state index contributed by atoms with van der Waals surface area (Å²) < 4.78 is 45.0. The molecule has 0 aliphatic carbocycles. The number of amides is 6. The second-order valence-electron chi connectivity index (χ2n) is 12.8. The zero-order valence-electron chi connectivity index (χ0n) is 29.1. The molecule has 1 saturated heterocycles. The predicted molar refractivity (Wildman–Crippen MR) is 181 cm³/mol. The van der Waals surface area contributed by atoms with Gasteiger partial charge in [0.2, 0.25) is 23.6 Å². The number of hydrogen-bond acceptors (Lipinski definition) is 8. The lowest BCUT2D eigenvalue weighted by atomic mass is 10.00. The number of halogens is 3. The van der Waals surface area contributed by atoms with E-state index in [0.29, 0.717) is 37.4 Å². The zero-order valence-corrected chi connectivity index (χ0v) is 29.1. The third-order valence-electron chi connectivity index (χ3n) is 8.34. The van der Waals surface area contributed by atoms with Gasteiger partial charge in [-0.25, -0.2) is 0 Å². The number of aliphatic hydroxyl groups is 1. The summed E-state index contributed by atoms with van der Waals surface area (Å²) in [4.78, 5) is 78.8. The topological polar surface area (TPSA) is 209 Å².